The van der Waals surface area contributed by atoms with Gasteiger partial charge in [0, 0.05) is 6.07 Å². The molecule has 0 aliphatic carbocycles. The summed E-state index contributed by atoms with van der Waals surface area (Å²) in [4.78, 5) is 13.5. The van der Waals surface area contributed by atoms with E-state index in [9.17, 15) is 22.4 Å². The molecule has 1 aromatic carbocycles. The van der Waals surface area contributed by atoms with Crippen molar-refractivity contribution in [1.29, 1.82) is 0 Å². The molecule has 96 valence electrons. The Morgan fingerprint density at radius 1 is 1.17 bits per heavy atom. The van der Waals surface area contributed by atoms with E-state index in [1.54, 1.807) is 0 Å². The molecule has 2 nitrogen and oxygen atoms in total. The Kier molecular flexibility index (Phi) is 3.03. The molecule has 18 heavy (non-hydrogen) atoms. The van der Waals surface area contributed by atoms with Gasteiger partial charge in [-0.05, 0) is 6.07 Å². The monoisotopic (exact) mass is 299 g/mol. The third-order valence-corrected chi connectivity index (χ3v) is 2.89. The maximum absolute atomic E-state index is 13.3. The maximum Gasteiger partial charge on any atom is 0.431 e. The fraction of sp³-hybridized carbons (Fsp3) is 0.100. The van der Waals surface area contributed by atoms with Gasteiger partial charge in [-0.15, -0.1) is 0 Å². The lowest BCUT2D eigenvalue weighted by molar-refractivity contribution is -0.141. The van der Waals surface area contributed by atoms with Crippen LogP contribution in [-0.2, 0) is 6.18 Å². The zero-order valence-electron chi connectivity index (χ0n) is 8.33. The van der Waals surface area contributed by atoms with E-state index in [1.807, 2.05) is 4.98 Å². The second kappa shape index (κ2) is 4.13. The number of halogens is 6. The summed E-state index contributed by atoms with van der Waals surface area (Å²) in [7, 11) is 0. The largest absolute Gasteiger partial charge is 0.431 e. The Morgan fingerprint density at radius 2 is 1.78 bits per heavy atom. The van der Waals surface area contributed by atoms with Gasteiger partial charge in [0.25, 0.3) is 0 Å². The quantitative estimate of drug-likeness (QED) is 0.579. The number of H-pyrrole nitrogens is 1. The predicted octanol–water partition coefficient (Wildman–Crippen LogP) is 3.99. The number of pyridine rings is 1. The molecule has 0 saturated carbocycles. The fourth-order valence-electron chi connectivity index (χ4n) is 1.47. The Hall–Kier alpha value is -1.27. The first-order valence-electron chi connectivity index (χ1n) is 4.49. The van der Waals surface area contributed by atoms with Crippen LogP contribution in [-0.4, -0.2) is 4.98 Å². The van der Waals surface area contributed by atoms with E-state index in [2.05, 4.69) is 0 Å². The molecule has 0 aliphatic heterocycles. The molecule has 0 spiro atoms. The minimum atomic E-state index is -4.72. The van der Waals surface area contributed by atoms with E-state index < -0.39 is 33.2 Å². The summed E-state index contributed by atoms with van der Waals surface area (Å²) < 4.78 is 50.7. The highest BCUT2D eigenvalue weighted by atomic mass is 35.5. The molecule has 0 atom stereocenters. The number of aromatic amines is 1. The van der Waals surface area contributed by atoms with Crippen LogP contribution >= 0.6 is 23.2 Å². The van der Waals surface area contributed by atoms with Crippen molar-refractivity contribution in [3.05, 3.63) is 43.9 Å². The van der Waals surface area contributed by atoms with Gasteiger partial charge in [0.2, 0.25) is 0 Å². The van der Waals surface area contributed by atoms with Gasteiger partial charge in [0.05, 0.1) is 20.9 Å². The number of rotatable bonds is 0. The van der Waals surface area contributed by atoms with Crippen molar-refractivity contribution in [2.75, 3.05) is 0 Å². The normalized spacial score (nSPS) is 12.1. The maximum atomic E-state index is 13.3. The summed E-state index contributed by atoms with van der Waals surface area (Å²) in [6.45, 7) is 0. The van der Waals surface area contributed by atoms with E-state index in [-0.39, 0.29) is 10.9 Å². The summed E-state index contributed by atoms with van der Waals surface area (Å²) in [5, 5.41) is -1.44. The smallest absolute Gasteiger partial charge is 0.351 e. The van der Waals surface area contributed by atoms with Crippen LogP contribution in [0, 0.1) is 5.82 Å². The molecule has 0 saturated heterocycles. The lowest BCUT2D eigenvalue weighted by Crippen LogP contribution is -2.14. The van der Waals surface area contributed by atoms with Crippen molar-refractivity contribution >= 4 is 34.1 Å². The Balaban J connectivity index is 2.92. The van der Waals surface area contributed by atoms with E-state index >= 15 is 0 Å². The van der Waals surface area contributed by atoms with Crippen molar-refractivity contribution in [3.63, 3.8) is 0 Å². The van der Waals surface area contributed by atoms with Crippen LogP contribution in [0.15, 0.2) is 16.9 Å². The van der Waals surface area contributed by atoms with Crippen molar-refractivity contribution < 1.29 is 17.6 Å². The molecule has 0 unspecified atom stereocenters. The molecule has 0 bridgehead atoms. The van der Waals surface area contributed by atoms with E-state index in [0.717, 1.165) is 6.07 Å². The summed E-state index contributed by atoms with van der Waals surface area (Å²) in [6.07, 6.45) is -4.72. The first-order valence-corrected chi connectivity index (χ1v) is 5.25. The highest BCUT2D eigenvalue weighted by molar-refractivity contribution is 6.38. The molecular formula is C10H3Cl2F4NO. The summed E-state index contributed by atoms with van der Waals surface area (Å²) >= 11 is 11.0. The second-order valence-electron chi connectivity index (χ2n) is 3.45. The van der Waals surface area contributed by atoms with Crippen LogP contribution in [0.1, 0.15) is 5.69 Å². The number of aromatic nitrogens is 1. The Labute approximate surface area is 107 Å². The van der Waals surface area contributed by atoms with Crippen LogP contribution in [0.3, 0.4) is 0 Å². The SMILES string of the molecule is O=c1cc(C(F)(F)F)[nH]c2cc(Cl)c(F)c(Cl)c12. The fourth-order valence-corrected chi connectivity index (χ4v) is 2.02. The molecule has 0 fully saturated rings. The molecule has 1 N–H and O–H groups in total. The molecule has 1 aromatic heterocycles. The van der Waals surface area contributed by atoms with Gasteiger partial charge in [-0.3, -0.25) is 4.79 Å². The minimum Gasteiger partial charge on any atom is -0.351 e. The molecule has 0 radical (unpaired) electrons. The molecule has 2 rings (SSSR count). The number of nitrogens with one attached hydrogen (secondary N) is 1. The molecule has 1 heterocycles. The van der Waals surface area contributed by atoms with Crippen LogP contribution in [0.5, 0.6) is 0 Å². The van der Waals surface area contributed by atoms with Gasteiger partial charge >= 0.3 is 6.18 Å². The van der Waals surface area contributed by atoms with Crippen LogP contribution in [0.4, 0.5) is 17.6 Å². The average Bonchev–Trinajstić information content (AvgIpc) is 2.23. The second-order valence-corrected chi connectivity index (χ2v) is 4.24. The number of benzene rings is 1. The van der Waals surface area contributed by atoms with Crippen LogP contribution < -0.4 is 5.43 Å². The first kappa shape index (κ1) is 13.2. The number of alkyl halides is 3. The average molecular weight is 300 g/mol. The van der Waals surface area contributed by atoms with Crippen molar-refractivity contribution in [2.45, 2.75) is 6.18 Å². The highest BCUT2D eigenvalue weighted by Crippen LogP contribution is 2.32. The van der Waals surface area contributed by atoms with Gasteiger partial charge in [-0.25, -0.2) is 4.39 Å². The van der Waals surface area contributed by atoms with Crippen LogP contribution in [0.2, 0.25) is 10.0 Å². The van der Waals surface area contributed by atoms with E-state index in [4.69, 9.17) is 23.2 Å². The molecular weight excluding hydrogens is 297 g/mol. The van der Waals surface area contributed by atoms with Crippen molar-refractivity contribution in [3.8, 4) is 0 Å². The van der Waals surface area contributed by atoms with Gasteiger partial charge < -0.3 is 4.98 Å². The van der Waals surface area contributed by atoms with Crippen molar-refractivity contribution in [2.24, 2.45) is 0 Å². The molecule has 0 amide bonds. The van der Waals surface area contributed by atoms with E-state index in [1.165, 1.54) is 0 Å². The summed E-state index contributed by atoms with van der Waals surface area (Å²) in [6, 6.07) is 1.20. The molecule has 2 aromatic rings. The van der Waals surface area contributed by atoms with Crippen LogP contribution in [0.25, 0.3) is 10.9 Å². The topological polar surface area (TPSA) is 32.9 Å². The lowest BCUT2D eigenvalue weighted by atomic mass is 10.2. The van der Waals surface area contributed by atoms with E-state index in [0.29, 0.717) is 6.07 Å². The third kappa shape index (κ3) is 2.06. The lowest BCUT2D eigenvalue weighted by Gasteiger charge is -2.09. The number of hydrogen-bond acceptors (Lipinski definition) is 1. The zero-order chi connectivity index (χ0) is 13.7. The Morgan fingerprint density at radius 3 is 2.33 bits per heavy atom. The standard InChI is InChI=1S/C10H3Cl2F4NO/c11-3-1-4-7(8(12)9(3)13)5(18)2-6(17-4)10(14,15)16/h1-2H,(H,17,18). The molecule has 0 aliphatic rings. The highest BCUT2D eigenvalue weighted by Gasteiger charge is 2.32. The predicted molar refractivity (Wildman–Crippen MR) is 59.5 cm³/mol. The van der Waals surface area contributed by atoms with Gasteiger partial charge in [-0.1, -0.05) is 23.2 Å². The van der Waals surface area contributed by atoms with Crippen molar-refractivity contribution in [1.82, 2.24) is 4.98 Å². The van der Waals surface area contributed by atoms with Gasteiger partial charge in [-0.2, -0.15) is 13.2 Å². The summed E-state index contributed by atoms with van der Waals surface area (Å²) in [5.74, 6) is -1.05. The molecule has 8 heteroatoms. The minimum absolute atomic E-state index is 0.272. The number of hydrogen-bond donors (Lipinski definition) is 1. The third-order valence-electron chi connectivity index (χ3n) is 2.26. The zero-order valence-corrected chi connectivity index (χ0v) is 9.84. The number of fused-ring (bicyclic) bond motifs is 1. The van der Waals surface area contributed by atoms with Gasteiger partial charge in [0.15, 0.2) is 11.2 Å². The summed E-state index contributed by atoms with van der Waals surface area (Å²) in [5.41, 5.74) is -2.55. The first-order chi connectivity index (χ1) is 8.21. The Bertz CT molecular complexity index is 693. The van der Waals surface area contributed by atoms with Gasteiger partial charge in [0.1, 0.15) is 5.69 Å².